The van der Waals surface area contributed by atoms with Gasteiger partial charge in [0, 0.05) is 56.4 Å². The van der Waals surface area contributed by atoms with Crippen molar-refractivity contribution in [3.05, 3.63) is 269 Å². The van der Waals surface area contributed by atoms with Crippen LogP contribution in [0.15, 0.2) is 221 Å². The number of carbonyl (C=O) groups excluding carboxylic acids is 2. The van der Waals surface area contributed by atoms with Crippen molar-refractivity contribution in [2.24, 2.45) is 4.99 Å². The maximum atomic E-state index is 11.7. The van der Waals surface area contributed by atoms with Crippen molar-refractivity contribution < 1.29 is 22.9 Å². The number of carbonyl (C=O) groups is 2. The highest BCUT2D eigenvalue weighted by molar-refractivity contribution is 9.10. The van der Waals surface area contributed by atoms with Crippen LogP contribution < -0.4 is 11.5 Å². The van der Waals surface area contributed by atoms with Gasteiger partial charge in [-0.3, -0.25) is 28.4 Å². The first-order valence-corrected chi connectivity index (χ1v) is 47.0. The first-order valence-electron chi connectivity index (χ1n) is 40.4. The Labute approximate surface area is 763 Å². The number of rotatable bonds is 18. The first-order chi connectivity index (χ1) is 59.4. The predicted molar refractivity (Wildman–Crippen MR) is 513 cm³/mol. The number of halogens is 7. The van der Waals surface area contributed by atoms with Crippen molar-refractivity contribution in [1.82, 2.24) is 44.3 Å². The summed E-state index contributed by atoms with van der Waals surface area (Å²) in [6.07, 6.45) is 19.8. The largest absolute Gasteiger partial charge is 0.465 e. The van der Waals surface area contributed by atoms with Crippen LogP contribution in [0.4, 0.5) is 20.9 Å². The third kappa shape index (κ3) is 20.5. The van der Waals surface area contributed by atoms with Gasteiger partial charge in [0.1, 0.15) is 18.3 Å². The molecule has 21 rings (SSSR count). The van der Waals surface area contributed by atoms with E-state index in [4.69, 9.17) is 91.2 Å². The summed E-state index contributed by atoms with van der Waals surface area (Å²) in [5.74, 6) is 3.80. The van der Waals surface area contributed by atoms with Gasteiger partial charge in [-0.05, 0) is 269 Å². The number of esters is 2. The van der Waals surface area contributed by atoms with Gasteiger partial charge in [-0.15, -0.1) is 20.4 Å². The second-order valence-electron chi connectivity index (χ2n) is 30.4. The van der Waals surface area contributed by atoms with Crippen LogP contribution in [0.3, 0.4) is 0 Å². The summed E-state index contributed by atoms with van der Waals surface area (Å²) < 4.78 is 26.8. The molecule has 624 valence electrons. The third-order valence-corrected chi connectivity index (χ3v) is 26.1. The van der Waals surface area contributed by atoms with Crippen molar-refractivity contribution in [2.75, 3.05) is 42.4 Å². The molecule has 6 fully saturated rings. The summed E-state index contributed by atoms with van der Waals surface area (Å²) in [4.78, 5) is 27.5. The van der Waals surface area contributed by atoms with Crippen LogP contribution in [0, 0.1) is 4.77 Å². The lowest BCUT2D eigenvalue weighted by Crippen LogP contribution is -2.08. The molecule has 16 nitrogen and oxygen atoms in total. The topological polar surface area (TPSA) is 212 Å². The lowest BCUT2D eigenvalue weighted by atomic mass is 9.99. The molecule has 12 aromatic carbocycles. The summed E-state index contributed by atoms with van der Waals surface area (Å²) in [6.45, 7) is 4.30. The Bertz CT molecular complexity index is 6520. The predicted octanol–water partition coefficient (Wildman–Crippen LogP) is 28.2. The van der Waals surface area contributed by atoms with E-state index in [1.807, 2.05) is 86.5 Å². The maximum absolute atomic E-state index is 11.7. The number of nitrogens with two attached hydrogens (primary N) is 2. The number of isothiocyanates is 1. The second-order valence-corrected chi connectivity index (χ2v) is 35.9. The number of aliphatic imine (C=N–C) groups is 1. The number of benzene rings is 12. The smallest absolute Gasteiger partial charge is 0.316 e. The van der Waals surface area contributed by atoms with Gasteiger partial charge < -0.3 is 20.9 Å². The number of aromatic nitrogens is 9. The van der Waals surface area contributed by atoms with Gasteiger partial charge >= 0.3 is 11.9 Å². The van der Waals surface area contributed by atoms with Crippen LogP contribution >= 0.6 is 134 Å². The van der Waals surface area contributed by atoms with Gasteiger partial charge in [0.25, 0.3) is 0 Å². The third-order valence-electron chi connectivity index (χ3n) is 21.9. The molecule has 28 heteroatoms. The van der Waals surface area contributed by atoms with Crippen molar-refractivity contribution >= 4 is 233 Å². The van der Waals surface area contributed by atoms with Crippen LogP contribution in [0.1, 0.15) is 160 Å². The Morgan fingerprint density at radius 2 is 0.844 bits per heavy atom. The lowest BCUT2D eigenvalue weighted by molar-refractivity contribution is -0.140. The van der Waals surface area contributed by atoms with E-state index in [2.05, 4.69) is 184 Å². The highest BCUT2D eigenvalue weighted by Crippen LogP contribution is 2.52. The van der Waals surface area contributed by atoms with E-state index in [1.54, 1.807) is 26.5 Å². The molecule has 0 bridgehead atoms. The fourth-order valence-corrected chi connectivity index (χ4v) is 19.2. The molecule has 15 aromatic rings. The molecule has 5 N–H and O–H groups in total. The van der Waals surface area contributed by atoms with Crippen LogP contribution in [0.25, 0.3) is 81.7 Å². The average Bonchev–Trinajstić information content (AvgIpc) is 1.39. The molecule has 6 aliphatic carbocycles. The summed E-state index contributed by atoms with van der Waals surface area (Å²) in [5.41, 5.74) is 25.0. The molecule has 6 saturated carbocycles. The van der Waals surface area contributed by atoms with E-state index >= 15 is 0 Å². The minimum Gasteiger partial charge on any atom is -0.465 e. The Kier molecular flexibility index (Phi) is 29.1. The molecule has 6 aliphatic rings. The molecule has 0 unspecified atom stereocenters. The number of aromatic amines is 1. The maximum Gasteiger partial charge on any atom is 0.316 e. The van der Waals surface area contributed by atoms with E-state index in [0.29, 0.717) is 88.4 Å². The number of thioether (sulfide) groups is 2. The molecule has 122 heavy (non-hydrogen) atoms. The highest BCUT2D eigenvalue weighted by Gasteiger charge is 2.33. The highest BCUT2D eigenvalue weighted by atomic mass is 79.9. The van der Waals surface area contributed by atoms with Gasteiger partial charge in [-0.25, -0.2) is 0 Å². The number of anilines is 2. The summed E-state index contributed by atoms with van der Waals surface area (Å²) in [7, 11) is 0. The molecule has 0 amide bonds. The van der Waals surface area contributed by atoms with Gasteiger partial charge in [0.2, 0.25) is 4.73 Å². The van der Waals surface area contributed by atoms with Crippen LogP contribution in [-0.4, -0.2) is 92.4 Å². The van der Waals surface area contributed by atoms with Crippen molar-refractivity contribution in [3.63, 3.8) is 0 Å². The Balaban J connectivity index is 0.000000115. The number of nitrogens with one attached hydrogen (secondary N) is 1. The molecular formula is C94H85BrCl5FN12O4S5. The minimum absolute atomic E-state index is 0.161. The van der Waals surface area contributed by atoms with Crippen LogP contribution in [-0.2, 0) is 19.1 Å². The number of thiocarbonyl (C=S) groups is 1. The van der Waals surface area contributed by atoms with E-state index in [9.17, 15) is 13.5 Å². The van der Waals surface area contributed by atoms with E-state index in [-0.39, 0.29) is 35.6 Å². The van der Waals surface area contributed by atoms with Crippen molar-refractivity contribution in [1.29, 1.82) is 0 Å². The molecule has 0 spiro atoms. The molecule has 3 heterocycles. The Hall–Kier alpha value is -8.91. The van der Waals surface area contributed by atoms with E-state index < -0.39 is 0 Å². The van der Waals surface area contributed by atoms with E-state index in [1.165, 1.54) is 178 Å². The fraction of sp³-hybridized carbons (Fsp3) is 0.266. The van der Waals surface area contributed by atoms with Crippen LogP contribution in [0.2, 0.25) is 25.1 Å². The SMILES string of the molecule is CCOC(=O)CSc1nnc(Br)n1-c1c(Cl)cc(C2CC2)c2ccccc12.CCOC(=O)CSc1nncn1-c1c(Cl)cc(C2CC2)c2ccccc12.CSF.Nc1c(Cl)cc(C2CC2)c2ccccc12.Nc1ccc(C2CC2)c2ccccc12.S=C=Nc1c(Cl)cc(C2CC2)c2ccccc12.S=c1[nH]ncn1-c1c(Cl)cc(C2CC2)c2ccccc12. The zero-order valence-electron chi connectivity index (χ0n) is 66.8. The quantitative estimate of drug-likeness (QED) is 0.0240. The van der Waals surface area contributed by atoms with Crippen LogP contribution in [0.5, 0.6) is 0 Å². The summed E-state index contributed by atoms with van der Waals surface area (Å²) in [5, 5.41) is 44.4. The van der Waals surface area contributed by atoms with Gasteiger partial charge in [0.05, 0.1) is 77.7 Å². The van der Waals surface area contributed by atoms with E-state index in [0.717, 1.165) is 66.3 Å². The fourth-order valence-electron chi connectivity index (χ4n) is 15.5. The molecule has 0 saturated heterocycles. The normalized spacial score (nSPS) is 14.4. The van der Waals surface area contributed by atoms with Crippen molar-refractivity contribution in [2.45, 2.75) is 137 Å². The second kappa shape index (κ2) is 40.4. The number of nitrogens with zero attached hydrogens (tertiary/aromatic N) is 9. The van der Waals surface area contributed by atoms with Gasteiger partial charge in [-0.2, -0.15) is 14.0 Å². The first kappa shape index (κ1) is 88.0. The van der Waals surface area contributed by atoms with Gasteiger partial charge in [-0.1, -0.05) is 233 Å². The number of fused-ring (bicyclic) bond motifs is 6. The summed E-state index contributed by atoms with van der Waals surface area (Å²) >= 11 is 48.6. The standard InChI is InChI=1S/C19H17BrClN3O2S.C19H18ClN3O2S.C15H12ClN3S.C14H10ClNS.C13H12ClN.C13H13N.CH3FS/c1-2-26-16(25)10-27-19-23-22-18(20)24(19)17-13-6-4-3-5-12(13)14(9-15(17)21)11-7-8-11;1-2-25-17(24)10-26-19-22-21-11-23(19)18-14-6-4-3-5-13(14)15(9-16(18)20)12-7-8-12;16-13-7-12(9-5-6-9)10-3-1-2-4-11(10)14(13)19-8-17-18-15(19)20;15-13-7-12(9-5-6-9)10-3-1-2-4-11(10)14(13)16-8-17;14-12-7-11(8-5-6-8)9-3-1-2-4-10(9)13(12)15;14-13-8-7-10(9-5-6-9)11-3-1-2-4-12(11)13;1-3-2/h3-6,9,11H,2,7-8,10H2,1H3;3-6,9,11-12H,2,7-8,10H2,1H3;1-4,7-9H,5-6H2,(H,18,20);1-4,7,9H,5-6H2;1-4,7-8H,5-6,15H2;1-4,7-9H,5-6,14H2;1H3. The zero-order chi connectivity index (χ0) is 85.2. The number of nitrogen functional groups attached to an aromatic ring is 2. The Morgan fingerprint density at radius 1 is 0.484 bits per heavy atom. The lowest BCUT2D eigenvalue weighted by Gasteiger charge is -2.16. The minimum atomic E-state index is -0.284. The molecule has 0 radical (unpaired) electrons. The summed E-state index contributed by atoms with van der Waals surface area (Å²) in [6, 6.07) is 64.3. The average molecular weight is 1880 g/mol. The number of H-pyrrole nitrogens is 1. The molecular weight excluding hydrogens is 1800 g/mol. The number of hydrogen-bond donors (Lipinski definition) is 3. The molecule has 3 aromatic heterocycles. The van der Waals surface area contributed by atoms with Gasteiger partial charge in [0.15, 0.2) is 15.1 Å². The zero-order valence-corrected chi connectivity index (χ0v) is 76.3. The molecule has 0 atom stereocenters. The number of ether oxygens (including phenoxy) is 2. The molecule has 0 aliphatic heterocycles. The van der Waals surface area contributed by atoms with Crippen molar-refractivity contribution in [3.8, 4) is 17.1 Å². The number of hydrogen-bond acceptors (Lipinski definition) is 17. The Morgan fingerprint density at radius 3 is 1.28 bits per heavy atom. The monoisotopic (exact) mass is 1880 g/mol.